The quantitative estimate of drug-likeness (QED) is 0.896. The molecule has 1 aliphatic rings. The first kappa shape index (κ1) is 15.1. The summed E-state index contributed by atoms with van der Waals surface area (Å²) in [6.45, 7) is 4.36. The summed E-state index contributed by atoms with van der Waals surface area (Å²) in [7, 11) is 0. The van der Waals surface area contributed by atoms with Crippen LogP contribution < -0.4 is 5.69 Å². The van der Waals surface area contributed by atoms with E-state index in [0.717, 1.165) is 23.4 Å². The summed E-state index contributed by atoms with van der Waals surface area (Å²) >= 11 is 1.90. The first-order chi connectivity index (χ1) is 9.49. The summed E-state index contributed by atoms with van der Waals surface area (Å²) in [6, 6.07) is 0. The average Bonchev–Trinajstić information content (AvgIpc) is 2.86. The molecule has 0 radical (unpaired) electrons. The molecule has 0 spiro atoms. The standard InChI is InChI=1S/C14H20N2O3S/c1-9-12(5-6-13(17)18)10(2)16(14(19)15-9)8-11-4-3-7-20-11/h11H,3-8H2,1-2H3,(H,17,18). The zero-order valence-corrected chi connectivity index (χ0v) is 12.7. The lowest BCUT2D eigenvalue weighted by atomic mass is 10.1. The molecule has 1 fully saturated rings. The molecule has 1 saturated heterocycles. The van der Waals surface area contributed by atoms with E-state index in [-0.39, 0.29) is 12.1 Å². The van der Waals surface area contributed by atoms with Crippen molar-refractivity contribution < 1.29 is 9.90 Å². The minimum absolute atomic E-state index is 0.0692. The molecule has 1 atom stereocenters. The highest BCUT2D eigenvalue weighted by molar-refractivity contribution is 8.00. The monoisotopic (exact) mass is 296 g/mol. The third-order valence-corrected chi connectivity index (χ3v) is 5.15. The van der Waals surface area contributed by atoms with Crippen LogP contribution >= 0.6 is 11.8 Å². The van der Waals surface area contributed by atoms with E-state index in [0.29, 0.717) is 23.9 Å². The van der Waals surface area contributed by atoms with Crippen LogP contribution in [0.4, 0.5) is 0 Å². The van der Waals surface area contributed by atoms with Gasteiger partial charge in [0.15, 0.2) is 0 Å². The normalized spacial score (nSPS) is 18.4. The lowest BCUT2D eigenvalue weighted by Gasteiger charge is -2.17. The second kappa shape index (κ2) is 6.43. The van der Waals surface area contributed by atoms with Gasteiger partial charge in [0, 0.05) is 29.6 Å². The summed E-state index contributed by atoms with van der Waals surface area (Å²) in [5.41, 5.74) is 2.21. The maximum absolute atomic E-state index is 12.1. The Hall–Kier alpha value is -1.30. The summed E-state index contributed by atoms with van der Waals surface area (Å²) in [5.74, 6) is 0.330. The molecule has 1 aromatic heterocycles. The van der Waals surface area contributed by atoms with Gasteiger partial charge in [0.2, 0.25) is 0 Å². The molecule has 1 aromatic rings. The first-order valence-electron chi connectivity index (χ1n) is 6.89. The van der Waals surface area contributed by atoms with Gasteiger partial charge in [-0.25, -0.2) is 4.79 Å². The zero-order chi connectivity index (χ0) is 14.7. The van der Waals surface area contributed by atoms with Crippen LogP contribution in [0.5, 0.6) is 0 Å². The summed E-state index contributed by atoms with van der Waals surface area (Å²) < 4.78 is 1.72. The van der Waals surface area contributed by atoms with Crippen LogP contribution in [0, 0.1) is 13.8 Å². The molecule has 5 nitrogen and oxygen atoms in total. The Morgan fingerprint density at radius 2 is 2.25 bits per heavy atom. The van der Waals surface area contributed by atoms with Gasteiger partial charge in [-0.05, 0) is 44.4 Å². The molecule has 0 amide bonds. The molecule has 1 aliphatic heterocycles. The van der Waals surface area contributed by atoms with E-state index in [2.05, 4.69) is 4.98 Å². The van der Waals surface area contributed by atoms with Gasteiger partial charge in [-0.2, -0.15) is 16.7 Å². The number of hydrogen-bond donors (Lipinski definition) is 1. The predicted octanol–water partition coefficient (Wildman–Crippen LogP) is 1.77. The molecular formula is C14H20N2O3S. The Kier molecular flexibility index (Phi) is 4.86. The van der Waals surface area contributed by atoms with Crippen LogP contribution in [0.3, 0.4) is 0 Å². The Bertz CT molecular complexity index is 562. The number of carbonyl (C=O) groups is 1. The van der Waals surface area contributed by atoms with Gasteiger partial charge in [0.1, 0.15) is 0 Å². The van der Waals surface area contributed by atoms with Crippen molar-refractivity contribution in [2.45, 2.75) is 51.3 Å². The SMILES string of the molecule is Cc1nc(=O)n(CC2CCCS2)c(C)c1CCC(=O)O. The van der Waals surface area contributed by atoms with E-state index in [1.54, 1.807) is 11.5 Å². The van der Waals surface area contributed by atoms with Crippen molar-refractivity contribution in [3.05, 3.63) is 27.4 Å². The van der Waals surface area contributed by atoms with Gasteiger partial charge in [0.25, 0.3) is 0 Å². The van der Waals surface area contributed by atoms with E-state index in [9.17, 15) is 9.59 Å². The molecule has 6 heteroatoms. The van der Waals surface area contributed by atoms with Crippen molar-refractivity contribution in [2.24, 2.45) is 0 Å². The summed E-state index contributed by atoms with van der Waals surface area (Å²) in [6.07, 6.45) is 2.83. The zero-order valence-electron chi connectivity index (χ0n) is 11.9. The van der Waals surface area contributed by atoms with E-state index < -0.39 is 5.97 Å². The third kappa shape index (κ3) is 3.42. The van der Waals surface area contributed by atoms with Crippen LogP contribution in [0.15, 0.2) is 4.79 Å². The van der Waals surface area contributed by atoms with E-state index >= 15 is 0 Å². The van der Waals surface area contributed by atoms with Crippen molar-refractivity contribution >= 4 is 17.7 Å². The molecule has 2 rings (SSSR count). The number of hydrogen-bond acceptors (Lipinski definition) is 4. The predicted molar refractivity (Wildman–Crippen MR) is 79.4 cm³/mol. The molecule has 1 unspecified atom stereocenters. The lowest BCUT2D eigenvalue weighted by Crippen LogP contribution is -2.30. The minimum Gasteiger partial charge on any atom is -0.481 e. The molecular weight excluding hydrogens is 276 g/mol. The highest BCUT2D eigenvalue weighted by Crippen LogP contribution is 2.27. The molecule has 110 valence electrons. The molecule has 1 N–H and O–H groups in total. The smallest absolute Gasteiger partial charge is 0.348 e. The van der Waals surface area contributed by atoms with E-state index in [4.69, 9.17) is 5.11 Å². The van der Waals surface area contributed by atoms with Crippen LogP contribution in [0.25, 0.3) is 0 Å². The number of aryl methyl sites for hydroxylation is 1. The van der Waals surface area contributed by atoms with E-state index in [1.165, 1.54) is 6.42 Å². The van der Waals surface area contributed by atoms with Crippen molar-refractivity contribution in [2.75, 3.05) is 5.75 Å². The van der Waals surface area contributed by atoms with Gasteiger partial charge < -0.3 is 5.11 Å². The topological polar surface area (TPSA) is 72.2 Å². The largest absolute Gasteiger partial charge is 0.481 e. The molecule has 2 heterocycles. The molecule has 0 bridgehead atoms. The van der Waals surface area contributed by atoms with Crippen molar-refractivity contribution in [1.82, 2.24) is 9.55 Å². The molecule has 0 aromatic carbocycles. The van der Waals surface area contributed by atoms with Crippen molar-refractivity contribution in [1.29, 1.82) is 0 Å². The van der Waals surface area contributed by atoms with Crippen LogP contribution in [0.2, 0.25) is 0 Å². The van der Waals surface area contributed by atoms with Gasteiger partial charge in [-0.15, -0.1) is 0 Å². The van der Waals surface area contributed by atoms with Crippen LogP contribution in [0.1, 0.15) is 36.2 Å². The minimum atomic E-state index is -0.826. The van der Waals surface area contributed by atoms with E-state index in [1.807, 2.05) is 18.7 Å². The first-order valence-corrected chi connectivity index (χ1v) is 7.94. The Labute approximate surface area is 122 Å². The number of aliphatic carboxylic acids is 1. The Morgan fingerprint density at radius 3 is 2.85 bits per heavy atom. The maximum Gasteiger partial charge on any atom is 0.348 e. The number of carboxylic acid groups (broad SMARTS) is 1. The van der Waals surface area contributed by atoms with Gasteiger partial charge in [-0.3, -0.25) is 9.36 Å². The molecule has 0 saturated carbocycles. The third-order valence-electron chi connectivity index (χ3n) is 3.77. The van der Waals surface area contributed by atoms with Gasteiger partial charge >= 0.3 is 11.7 Å². The van der Waals surface area contributed by atoms with Gasteiger partial charge in [0.05, 0.1) is 0 Å². The van der Waals surface area contributed by atoms with Gasteiger partial charge in [-0.1, -0.05) is 0 Å². The Balaban J connectivity index is 2.28. The number of rotatable bonds is 5. The second-order valence-corrected chi connectivity index (χ2v) is 6.59. The number of aromatic nitrogens is 2. The number of thioether (sulfide) groups is 1. The molecule has 0 aliphatic carbocycles. The number of carboxylic acids is 1. The lowest BCUT2D eigenvalue weighted by molar-refractivity contribution is -0.136. The summed E-state index contributed by atoms with van der Waals surface area (Å²) in [5, 5.41) is 9.29. The highest BCUT2D eigenvalue weighted by Gasteiger charge is 2.19. The summed E-state index contributed by atoms with van der Waals surface area (Å²) in [4.78, 5) is 26.9. The highest BCUT2D eigenvalue weighted by atomic mass is 32.2. The fourth-order valence-corrected chi connectivity index (χ4v) is 3.89. The van der Waals surface area contributed by atoms with Crippen LogP contribution in [-0.4, -0.2) is 31.6 Å². The molecule has 20 heavy (non-hydrogen) atoms. The number of nitrogens with zero attached hydrogens (tertiary/aromatic N) is 2. The Morgan fingerprint density at radius 1 is 1.50 bits per heavy atom. The average molecular weight is 296 g/mol. The fourth-order valence-electron chi connectivity index (χ4n) is 2.64. The van der Waals surface area contributed by atoms with Crippen molar-refractivity contribution in [3.63, 3.8) is 0 Å². The maximum atomic E-state index is 12.1. The second-order valence-electron chi connectivity index (χ2n) is 5.18. The fraction of sp³-hybridized carbons (Fsp3) is 0.643. The van der Waals surface area contributed by atoms with Crippen LogP contribution in [-0.2, 0) is 17.8 Å². The van der Waals surface area contributed by atoms with Crippen molar-refractivity contribution in [3.8, 4) is 0 Å².